The first-order chi connectivity index (χ1) is 9.10. The number of aryl methyl sites for hydroxylation is 1. The normalized spacial score (nSPS) is 12.9. The van der Waals surface area contributed by atoms with Gasteiger partial charge in [-0.1, -0.05) is 29.8 Å². The van der Waals surface area contributed by atoms with Crippen LogP contribution >= 0.6 is 0 Å². The summed E-state index contributed by atoms with van der Waals surface area (Å²) in [5.74, 6) is 5.68. The van der Waals surface area contributed by atoms with Crippen molar-refractivity contribution in [1.82, 2.24) is 15.2 Å². The van der Waals surface area contributed by atoms with Crippen LogP contribution in [0.2, 0.25) is 0 Å². The summed E-state index contributed by atoms with van der Waals surface area (Å²) in [5.41, 5.74) is 6.37. The van der Waals surface area contributed by atoms with Crippen molar-refractivity contribution in [2.24, 2.45) is 5.84 Å². The molecule has 2 rings (SSSR count). The van der Waals surface area contributed by atoms with E-state index in [1.54, 1.807) is 0 Å². The third kappa shape index (κ3) is 3.43. The minimum Gasteiger partial charge on any atom is -0.271 e. The fraction of sp³-hybridized carbons (Fsp3) is 0.400. The van der Waals surface area contributed by atoms with Crippen LogP contribution in [-0.4, -0.2) is 9.78 Å². The fourth-order valence-corrected chi connectivity index (χ4v) is 2.14. The van der Waals surface area contributed by atoms with Crippen molar-refractivity contribution in [2.75, 3.05) is 0 Å². The molecule has 102 valence electrons. The maximum absolute atomic E-state index is 5.68. The highest BCUT2D eigenvalue weighted by molar-refractivity contribution is 5.26. The molecule has 0 fully saturated rings. The third-order valence-corrected chi connectivity index (χ3v) is 3.25. The maximum atomic E-state index is 5.68. The number of rotatable bonds is 5. The monoisotopic (exact) mass is 258 g/mol. The van der Waals surface area contributed by atoms with E-state index in [9.17, 15) is 0 Å². The summed E-state index contributed by atoms with van der Waals surface area (Å²) < 4.78 is 1.97. The molecule has 0 saturated carbocycles. The van der Waals surface area contributed by atoms with Crippen LogP contribution in [0.25, 0.3) is 0 Å². The minimum absolute atomic E-state index is 0.0930. The molecule has 0 spiro atoms. The minimum atomic E-state index is 0.0930. The van der Waals surface area contributed by atoms with Gasteiger partial charge >= 0.3 is 0 Å². The Balaban J connectivity index is 2.14. The van der Waals surface area contributed by atoms with Gasteiger partial charge in [0.25, 0.3) is 0 Å². The van der Waals surface area contributed by atoms with Crippen LogP contribution in [0.1, 0.15) is 42.8 Å². The molecule has 2 aromatic rings. The Morgan fingerprint density at radius 1 is 1.32 bits per heavy atom. The van der Waals surface area contributed by atoms with Crippen molar-refractivity contribution in [2.45, 2.75) is 39.3 Å². The first-order valence-corrected chi connectivity index (χ1v) is 6.67. The van der Waals surface area contributed by atoms with Gasteiger partial charge in [-0.15, -0.1) is 0 Å². The van der Waals surface area contributed by atoms with Crippen LogP contribution in [-0.2, 0) is 6.42 Å². The molecule has 1 aromatic carbocycles. The van der Waals surface area contributed by atoms with E-state index in [0.717, 1.165) is 12.1 Å². The molecule has 0 aliphatic heterocycles. The van der Waals surface area contributed by atoms with Gasteiger partial charge in [-0.05, 0) is 32.4 Å². The lowest BCUT2D eigenvalue weighted by atomic mass is 10.0. The standard InChI is InChI=1S/C15H22N4/c1-11(2)19-8-7-14(18-19)10-15(17-16)13-6-4-5-12(3)9-13/h4-9,11,15,17H,10,16H2,1-3H3. The second kappa shape index (κ2) is 5.99. The zero-order valence-corrected chi connectivity index (χ0v) is 11.8. The summed E-state index contributed by atoms with van der Waals surface area (Å²) in [7, 11) is 0. The SMILES string of the molecule is Cc1cccc(C(Cc2ccn(C(C)C)n2)NN)c1. The summed E-state index contributed by atoms with van der Waals surface area (Å²) in [5, 5.41) is 4.57. The molecule has 0 saturated heterocycles. The molecule has 4 nitrogen and oxygen atoms in total. The molecule has 0 radical (unpaired) electrons. The zero-order chi connectivity index (χ0) is 13.8. The lowest BCUT2D eigenvalue weighted by Gasteiger charge is -2.15. The van der Waals surface area contributed by atoms with Crippen molar-refractivity contribution in [3.8, 4) is 0 Å². The number of nitrogens with zero attached hydrogens (tertiary/aromatic N) is 2. The molecule has 3 N–H and O–H groups in total. The first kappa shape index (κ1) is 13.8. The molecule has 19 heavy (non-hydrogen) atoms. The highest BCUT2D eigenvalue weighted by Crippen LogP contribution is 2.18. The molecule has 0 aliphatic rings. The van der Waals surface area contributed by atoms with Gasteiger partial charge in [0.05, 0.1) is 11.7 Å². The van der Waals surface area contributed by atoms with Gasteiger partial charge in [0.2, 0.25) is 0 Å². The predicted molar refractivity (Wildman–Crippen MR) is 77.6 cm³/mol. The van der Waals surface area contributed by atoms with Crippen molar-refractivity contribution in [1.29, 1.82) is 0 Å². The van der Waals surface area contributed by atoms with Crippen molar-refractivity contribution < 1.29 is 0 Å². The molecule has 0 bridgehead atoms. The van der Waals surface area contributed by atoms with Crippen LogP contribution in [0, 0.1) is 6.92 Å². The molecular weight excluding hydrogens is 236 g/mol. The second-order valence-corrected chi connectivity index (χ2v) is 5.22. The van der Waals surface area contributed by atoms with Crippen molar-refractivity contribution >= 4 is 0 Å². The molecule has 1 atom stereocenters. The molecule has 1 aromatic heterocycles. The average Bonchev–Trinajstić information content (AvgIpc) is 2.84. The number of nitrogens with one attached hydrogen (secondary N) is 1. The van der Waals surface area contributed by atoms with Gasteiger partial charge in [0.15, 0.2) is 0 Å². The Morgan fingerprint density at radius 2 is 2.11 bits per heavy atom. The van der Waals surface area contributed by atoms with Gasteiger partial charge in [-0.2, -0.15) is 5.10 Å². The molecular formula is C15H22N4. The predicted octanol–water partition coefficient (Wildman–Crippen LogP) is 2.52. The van der Waals surface area contributed by atoms with Gasteiger partial charge < -0.3 is 0 Å². The van der Waals surface area contributed by atoms with E-state index < -0.39 is 0 Å². The van der Waals surface area contributed by atoms with Crippen molar-refractivity contribution in [3.05, 3.63) is 53.3 Å². The first-order valence-electron chi connectivity index (χ1n) is 6.67. The quantitative estimate of drug-likeness (QED) is 0.640. The van der Waals surface area contributed by atoms with Crippen LogP contribution in [0.4, 0.5) is 0 Å². The summed E-state index contributed by atoms with van der Waals surface area (Å²) in [6.45, 7) is 6.33. The zero-order valence-electron chi connectivity index (χ0n) is 11.8. The highest BCUT2D eigenvalue weighted by atomic mass is 15.3. The van der Waals surface area contributed by atoms with E-state index in [2.05, 4.69) is 61.6 Å². The van der Waals surface area contributed by atoms with Gasteiger partial charge in [0.1, 0.15) is 0 Å². The van der Waals surface area contributed by atoms with E-state index in [-0.39, 0.29) is 6.04 Å². The van der Waals surface area contributed by atoms with E-state index in [1.807, 2.05) is 10.9 Å². The highest BCUT2D eigenvalue weighted by Gasteiger charge is 2.13. The van der Waals surface area contributed by atoms with Crippen LogP contribution in [0.15, 0.2) is 36.5 Å². The summed E-state index contributed by atoms with van der Waals surface area (Å²) in [6, 6.07) is 10.9. The number of hydrazine groups is 1. The van der Waals surface area contributed by atoms with E-state index in [0.29, 0.717) is 6.04 Å². The topological polar surface area (TPSA) is 55.9 Å². The third-order valence-electron chi connectivity index (χ3n) is 3.25. The lowest BCUT2D eigenvalue weighted by molar-refractivity contribution is 0.507. The Morgan fingerprint density at radius 3 is 2.68 bits per heavy atom. The second-order valence-electron chi connectivity index (χ2n) is 5.22. The Bertz CT molecular complexity index is 530. The van der Waals surface area contributed by atoms with Crippen LogP contribution in [0.3, 0.4) is 0 Å². The van der Waals surface area contributed by atoms with Crippen LogP contribution < -0.4 is 11.3 Å². The Labute approximate surface area is 114 Å². The van der Waals surface area contributed by atoms with E-state index in [1.165, 1.54) is 11.1 Å². The van der Waals surface area contributed by atoms with E-state index in [4.69, 9.17) is 5.84 Å². The number of hydrogen-bond acceptors (Lipinski definition) is 3. The number of hydrogen-bond donors (Lipinski definition) is 2. The molecule has 0 aliphatic carbocycles. The van der Waals surface area contributed by atoms with E-state index >= 15 is 0 Å². The lowest BCUT2D eigenvalue weighted by Crippen LogP contribution is -2.29. The van der Waals surface area contributed by atoms with Gasteiger partial charge in [-0.3, -0.25) is 16.0 Å². The smallest absolute Gasteiger partial charge is 0.0644 e. The fourth-order valence-electron chi connectivity index (χ4n) is 2.14. The van der Waals surface area contributed by atoms with Gasteiger partial charge in [0, 0.05) is 18.7 Å². The number of aromatic nitrogens is 2. The molecule has 1 heterocycles. The van der Waals surface area contributed by atoms with Gasteiger partial charge in [-0.25, -0.2) is 0 Å². The summed E-state index contributed by atoms with van der Waals surface area (Å²) >= 11 is 0. The Kier molecular flexibility index (Phi) is 4.35. The van der Waals surface area contributed by atoms with Crippen molar-refractivity contribution in [3.63, 3.8) is 0 Å². The molecule has 4 heteroatoms. The maximum Gasteiger partial charge on any atom is 0.0644 e. The van der Waals surface area contributed by atoms with Crippen LogP contribution in [0.5, 0.6) is 0 Å². The molecule has 1 unspecified atom stereocenters. The largest absolute Gasteiger partial charge is 0.271 e. The Hall–Kier alpha value is -1.65. The molecule has 0 amide bonds. The summed E-state index contributed by atoms with van der Waals surface area (Å²) in [6.07, 6.45) is 2.81. The average molecular weight is 258 g/mol. The number of benzene rings is 1. The number of nitrogens with two attached hydrogens (primary N) is 1. The summed E-state index contributed by atoms with van der Waals surface area (Å²) in [4.78, 5) is 0.